The lowest BCUT2D eigenvalue weighted by atomic mass is 10.2. The van der Waals surface area contributed by atoms with E-state index in [1.54, 1.807) is 18.2 Å². The van der Waals surface area contributed by atoms with E-state index in [9.17, 15) is 4.79 Å². The summed E-state index contributed by atoms with van der Waals surface area (Å²) in [7, 11) is 0. The van der Waals surface area contributed by atoms with Crippen LogP contribution in [0, 0.1) is 0 Å². The molecule has 0 fully saturated rings. The average Bonchev–Trinajstić information content (AvgIpc) is 2.39. The summed E-state index contributed by atoms with van der Waals surface area (Å²) < 4.78 is 0.826. The minimum atomic E-state index is -0.360. The zero-order chi connectivity index (χ0) is 13.7. The van der Waals surface area contributed by atoms with Crippen LogP contribution in [-0.4, -0.2) is 5.91 Å². The summed E-state index contributed by atoms with van der Waals surface area (Å²) in [5.41, 5.74) is 9.89. The van der Waals surface area contributed by atoms with E-state index in [2.05, 4.69) is 21.4 Å². The number of carbonyl (C=O) groups excluding carboxylic acids is 1. The number of hydroxylamine groups is 1. The van der Waals surface area contributed by atoms with Crippen LogP contribution >= 0.6 is 15.9 Å². The van der Waals surface area contributed by atoms with Crippen molar-refractivity contribution < 1.29 is 9.63 Å². The number of amides is 1. The summed E-state index contributed by atoms with van der Waals surface area (Å²) in [6.07, 6.45) is 0. The molecule has 0 saturated heterocycles. The minimum absolute atomic E-state index is 0.309. The van der Waals surface area contributed by atoms with E-state index >= 15 is 0 Å². The Hall–Kier alpha value is -1.85. The predicted octanol–water partition coefficient (Wildman–Crippen LogP) is 2.89. The third-order valence-electron chi connectivity index (χ3n) is 2.50. The van der Waals surface area contributed by atoms with Crippen LogP contribution in [0.5, 0.6) is 0 Å². The topological polar surface area (TPSA) is 64.4 Å². The number of nitrogens with one attached hydrogen (secondary N) is 1. The van der Waals surface area contributed by atoms with Crippen molar-refractivity contribution in [1.82, 2.24) is 5.48 Å². The summed E-state index contributed by atoms with van der Waals surface area (Å²) in [5, 5.41) is 0. The molecule has 98 valence electrons. The first kappa shape index (κ1) is 13.6. The van der Waals surface area contributed by atoms with Crippen LogP contribution in [0.2, 0.25) is 0 Å². The van der Waals surface area contributed by atoms with Crippen molar-refractivity contribution in [3.05, 3.63) is 64.1 Å². The van der Waals surface area contributed by atoms with Gasteiger partial charge in [-0.15, -0.1) is 0 Å². The van der Waals surface area contributed by atoms with E-state index in [0.717, 1.165) is 10.0 Å². The molecule has 0 heterocycles. The first-order chi connectivity index (χ1) is 9.16. The zero-order valence-corrected chi connectivity index (χ0v) is 11.7. The second-order valence-corrected chi connectivity index (χ2v) is 4.85. The van der Waals surface area contributed by atoms with Gasteiger partial charge < -0.3 is 5.73 Å². The molecular weight excluding hydrogens is 308 g/mol. The van der Waals surface area contributed by atoms with Crippen molar-refractivity contribution in [3.63, 3.8) is 0 Å². The molecule has 5 heteroatoms. The van der Waals surface area contributed by atoms with Gasteiger partial charge in [-0.1, -0.05) is 46.3 Å². The minimum Gasteiger partial charge on any atom is -0.398 e. The summed E-state index contributed by atoms with van der Waals surface area (Å²) in [5.74, 6) is -0.360. The highest BCUT2D eigenvalue weighted by molar-refractivity contribution is 9.10. The van der Waals surface area contributed by atoms with Crippen molar-refractivity contribution in [2.75, 3.05) is 5.73 Å². The second-order valence-electron chi connectivity index (χ2n) is 3.94. The summed E-state index contributed by atoms with van der Waals surface area (Å²) in [6, 6.07) is 14.6. The zero-order valence-electron chi connectivity index (χ0n) is 10.1. The van der Waals surface area contributed by atoms with Gasteiger partial charge in [0.05, 0.1) is 12.2 Å². The number of benzene rings is 2. The third kappa shape index (κ3) is 3.81. The number of nitrogens with two attached hydrogens (primary N) is 1. The Balaban J connectivity index is 1.91. The number of halogens is 1. The number of hydrogen-bond acceptors (Lipinski definition) is 3. The fraction of sp³-hybridized carbons (Fsp3) is 0.0714. The molecule has 0 spiro atoms. The quantitative estimate of drug-likeness (QED) is 0.672. The van der Waals surface area contributed by atoms with E-state index in [-0.39, 0.29) is 5.91 Å². The van der Waals surface area contributed by atoms with Gasteiger partial charge in [-0.05, 0) is 23.8 Å². The van der Waals surface area contributed by atoms with Gasteiger partial charge in [-0.3, -0.25) is 9.63 Å². The van der Waals surface area contributed by atoms with Gasteiger partial charge in [-0.2, -0.15) is 0 Å². The largest absolute Gasteiger partial charge is 0.398 e. The molecule has 2 aromatic carbocycles. The first-order valence-electron chi connectivity index (χ1n) is 5.68. The number of hydrogen-bond donors (Lipinski definition) is 2. The molecule has 2 rings (SSSR count). The maximum atomic E-state index is 11.8. The van der Waals surface area contributed by atoms with Gasteiger partial charge in [0.25, 0.3) is 5.91 Å². The molecule has 0 unspecified atom stereocenters. The van der Waals surface area contributed by atoms with Crippen LogP contribution in [0.15, 0.2) is 53.0 Å². The predicted molar refractivity (Wildman–Crippen MR) is 77.3 cm³/mol. The normalized spacial score (nSPS) is 10.2. The van der Waals surface area contributed by atoms with E-state index in [4.69, 9.17) is 10.6 Å². The molecule has 2 aromatic rings. The van der Waals surface area contributed by atoms with Gasteiger partial charge in [0, 0.05) is 10.2 Å². The standard InChI is InChI=1S/C14H13BrN2O2/c15-11-6-7-12(13(16)8-11)14(18)17-19-9-10-4-2-1-3-5-10/h1-8H,9,16H2,(H,17,18). The Morgan fingerprint density at radius 3 is 2.63 bits per heavy atom. The molecule has 0 bridgehead atoms. The molecule has 0 aliphatic heterocycles. The molecule has 3 N–H and O–H groups in total. The number of anilines is 1. The molecule has 4 nitrogen and oxygen atoms in total. The highest BCUT2D eigenvalue weighted by atomic mass is 79.9. The smallest absolute Gasteiger partial charge is 0.276 e. The van der Waals surface area contributed by atoms with Crippen molar-refractivity contribution in [2.24, 2.45) is 0 Å². The Morgan fingerprint density at radius 1 is 1.21 bits per heavy atom. The van der Waals surface area contributed by atoms with E-state index in [1.807, 2.05) is 30.3 Å². The first-order valence-corrected chi connectivity index (χ1v) is 6.47. The molecule has 0 radical (unpaired) electrons. The molecule has 19 heavy (non-hydrogen) atoms. The Kier molecular flexibility index (Phi) is 4.54. The lowest BCUT2D eigenvalue weighted by Crippen LogP contribution is -2.24. The fourth-order valence-electron chi connectivity index (χ4n) is 1.55. The van der Waals surface area contributed by atoms with Crippen molar-refractivity contribution >= 4 is 27.5 Å². The van der Waals surface area contributed by atoms with Gasteiger partial charge >= 0.3 is 0 Å². The summed E-state index contributed by atoms with van der Waals surface area (Å²) in [4.78, 5) is 17.0. The van der Waals surface area contributed by atoms with Crippen LogP contribution in [0.1, 0.15) is 15.9 Å². The van der Waals surface area contributed by atoms with Gasteiger partial charge in [0.2, 0.25) is 0 Å². The molecule has 0 aliphatic rings. The van der Waals surface area contributed by atoms with Crippen LogP contribution in [0.3, 0.4) is 0 Å². The SMILES string of the molecule is Nc1cc(Br)ccc1C(=O)NOCc1ccccc1. The Bertz CT molecular complexity index is 573. The van der Waals surface area contributed by atoms with Gasteiger partial charge in [-0.25, -0.2) is 5.48 Å². The number of rotatable bonds is 4. The third-order valence-corrected chi connectivity index (χ3v) is 3.00. The van der Waals surface area contributed by atoms with E-state index in [0.29, 0.717) is 17.9 Å². The van der Waals surface area contributed by atoms with Crippen LogP contribution in [0.4, 0.5) is 5.69 Å². The van der Waals surface area contributed by atoms with E-state index in [1.165, 1.54) is 0 Å². The molecule has 0 saturated carbocycles. The fourth-order valence-corrected chi connectivity index (χ4v) is 1.93. The van der Waals surface area contributed by atoms with Crippen LogP contribution in [-0.2, 0) is 11.4 Å². The molecule has 0 aliphatic carbocycles. The van der Waals surface area contributed by atoms with Crippen LogP contribution < -0.4 is 11.2 Å². The maximum absolute atomic E-state index is 11.8. The molecule has 0 aromatic heterocycles. The second kappa shape index (κ2) is 6.36. The number of nitrogen functional groups attached to an aromatic ring is 1. The van der Waals surface area contributed by atoms with E-state index < -0.39 is 0 Å². The molecule has 1 amide bonds. The lowest BCUT2D eigenvalue weighted by Gasteiger charge is -2.08. The van der Waals surface area contributed by atoms with Gasteiger partial charge in [0.1, 0.15) is 0 Å². The highest BCUT2D eigenvalue weighted by Crippen LogP contribution is 2.18. The summed E-state index contributed by atoms with van der Waals surface area (Å²) in [6.45, 7) is 0.309. The number of carbonyl (C=O) groups is 1. The Morgan fingerprint density at radius 2 is 1.95 bits per heavy atom. The molecular formula is C14H13BrN2O2. The maximum Gasteiger partial charge on any atom is 0.276 e. The van der Waals surface area contributed by atoms with Crippen molar-refractivity contribution in [2.45, 2.75) is 6.61 Å². The lowest BCUT2D eigenvalue weighted by molar-refractivity contribution is 0.0234. The van der Waals surface area contributed by atoms with Gasteiger partial charge in [0.15, 0.2) is 0 Å². The van der Waals surface area contributed by atoms with Crippen LogP contribution in [0.25, 0.3) is 0 Å². The summed E-state index contributed by atoms with van der Waals surface area (Å²) >= 11 is 3.29. The monoisotopic (exact) mass is 320 g/mol. The molecule has 0 atom stereocenters. The average molecular weight is 321 g/mol. The highest BCUT2D eigenvalue weighted by Gasteiger charge is 2.09. The Labute approximate surface area is 119 Å². The van der Waals surface area contributed by atoms with Crippen molar-refractivity contribution in [3.8, 4) is 0 Å². The van der Waals surface area contributed by atoms with Crippen molar-refractivity contribution in [1.29, 1.82) is 0 Å².